The van der Waals surface area contributed by atoms with E-state index in [4.69, 9.17) is 17.2 Å². The molecule has 6 nitrogen and oxygen atoms in total. The van der Waals surface area contributed by atoms with Crippen molar-refractivity contribution in [2.24, 2.45) is 53.3 Å². The summed E-state index contributed by atoms with van der Waals surface area (Å²) < 4.78 is 0. The molecule has 0 unspecified atom stereocenters. The standard InChI is InChI=1S/3C8H17NO.Sc/c3*1-5(2)7(6(3)4)8(9)10;/h3*5-7H,1-4H3,(H2,9,10);/q;;;+3/p-3. The number of rotatable bonds is 9. The van der Waals surface area contributed by atoms with Crippen molar-refractivity contribution in [3.63, 3.8) is 0 Å². The molecule has 0 rings (SSSR count). The van der Waals surface area contributed by atoms with Gasteiger partial charge in [0.15, 0.2) is 0 Å². The number of carbonyl (C=O) groups is 3. The van der Waals surface area contributed by atoms with Crippen molar-refractivity contribution in [1.82, 2.24) is 0 Å². The number of hydrogen-bond donors (Lipinski definition) is 0. The minimum Gasteiger partial charge on any atom is -0.668 e. The summed E-state index contributed by atoms with van der Waals surface area (Å²) in [6, 6.07) is 0. The molecule has 0 aliphatic heterocycles. The molecule has 0 aliphatic carbocycles. The van der Waals surface area contributed by atoms with Crippen LogP contribution in [0.25, 0.3) is 17.2 Å². The van der Waals surface area contributed by atoms with Gasteiger partial charge in [0.1, 0.15) is 0 Å². The molecule has 0 bridgehead atoms. The van der Waals surface area contributed by atoms with Crippen LogP contribution in [-0.2, 0) is 40.2 Å². The largest absolute Gasteiger partial charge is 3.00 e. The van der Waals surface area contributed by atoms with Crippen LogP contribution in [0.1, 0.15) is 83.1 Å². The van der Waals surface area contributed by atoms with E-state index in [0.717, 1.165) is 0 Å². The molecule has 0 spiro atoms. The third kappa shape index (κ3) is 17.5. The van der Waals surface area contributed by atoms with E-state index in [9.17, 15) is 14.4 Å². The molecule has 0 fully saturated rings. The van der Waals surface area contributed by atoms with Gasteiger partial charge in [0, 0.05) is 17.8 Å². The summed E-state index contributed by atoms with van der Waals surface area (Å²) in [6.45, 7) is 23.8. The average Bonchev–Trinajstić information content (AvgIpc) is 2.43. The van der Waals surface area contributed by atoms with Crippen LogP contribution in [0.3, 0.4) is 0 Å². The number of carbonyl (C=O) groups excluding carboxylic acids is 3. The maximum Gasteiger partial charge on any atom is 3.00 e. The Balaban J connectivity index is -0.000000174. The van der Waals surface area contributed by atoms with E-state index in [0.29, 0.717) is 35.5 Å². The van der Waals surface area contributed by atoms with Gasteiger partial charge >= 0.3 is 25.8 Å². The van der Waals surface area contributed by atoms with Crippen LogP contribution in [-0.4, -0.2) is 17.7 Å². The molecule has 3 amide bonds. The molecular weight excluding hydrogens is 423 g/mol. The van der Waals surface area contributed by atoms with Crippen molar-refractivity contribution in [3.05, 3.63) is 17.2 Å². The smallest absolute Gasteiger partial charge is 0.668 e. The molecular formula is C24H48N3O3Sc. The zero-order chi connectivity index (χ0) is 24.9. The van der Waals surface area contributed by atoms with Gasteiger partial charge in [-0.15, -0.1) is 0 Å². The molecule has 0 saturated heterocycles. The number of hydrogen-bond acceptors (Lipinski definition) is 3. The summed E-state index contributed by atoms with van der Waals surface area (Å²) in [5, 5.41) is 0. The molecule has 0 saturated carbocycles. The molecule has 0 aromatic rings. The van der Waals surface area contributed by atoms with E-state index < -0.39 is 17.7 Å². The van der Waals surface area contributed by atoms with E-state index in [2.05, 4.69) is 0 Å². The summed E-state index contributed by atoms with van der Waals surface area (Å²) in [5.41, 5.74) is 20.9. The predicted molar refractivity (Wildman–Crippen MR) is 127 cm³/mol. The van der Waals surface area contributed by atoms with E-state index in [1.807, 2.05) is 83.1 Å². The van der Waals surface area contributed by atoms with Crippen molar-refractivity contribution < 1.29 is 40.2 Å². The molecule has 0 atom stereocenters. The first-order chi connectivity index (χ1) is 13.4. The van der Waals surface area contributed by atoms with Crippen LogP contribution in [0.15, 0.2) is 0 Å². The normalized spacial score (nSPS) is 11.1. The number of amides is 3. The third-order valence-corrected chi connectivity index (χ3v) is 5.22. The van der Waals surface area contributed by atoms with Crippen LogP contribution in [0, 0.1) is 53.3 Å². The van der Waals surface area contributed by atoms with E-state index in [-0.39, 0.29) is 43.6 Å². The van der Waals surface area contributed by atoms with Gasteiger partial charge in [0.05, 0.1) is 17.7 Å². The Hall–Kier alpha value is -0.720. The summed E-state index contributed by atoms with van der Waals surface area (Å²) in [5.74, 6) is 0.250. The SMILES string of the molecule is CC(C)C(C([NH-])=O)C(C)C.CC(C)C(C([NH-])=O)C(C)C.CC(C)C(C([NH-])=O)C(C)C.[Sc+3]. The Kier molecular flexibility index (Phi) is 22.8. The van der Waals surface area contributed by atoms with E-state index in [1.165, 1.54) is 0 Å². The summed E-state index contributed by atoms with van der Waals surface area (Å²) in [6.07, 6.45) is 0. The van der Waals surface area contributed by atoms with Gasteiger partial charge in [-0.3, -0.25) is 0 Å². The Morgan fingerprint density at radius 3 is 0.484 bits per heavy atom. The minimum absolute atomic E-state index is 0. The molecule has 0 aromatic carbocycles. The second-order valence-electron chi connectivity index (χ2n) is 10.1. The molecule has 0 aromatic heterocycles. The van der Waals surface area contributed by atoms with Crippen molar-refractivity contribution in [1.29, 1.82) is 0 Å². The second kappa shape index (κ2) is 18.8. The van der Waals surface area contributed by atoms with Gasteiger partial charge in [-0.2, -0.15) is 0 Å². The zero-order valence-electron chi connectivity index (χ0n) is 22.0. The van der Waals surface area contributed by atoms with Gasteiger partial charge < -0.3 is 31.6 Å². The van der Waals surface area contributed by atoms with Gasteiger partial charge in [0.25, 0.3) is 0 Å². The van der Waals surface area contributed by atoms with Crippen molar-refractivity contribution in [3.8, 4) is 0 Å². The first-order valence-corrected chi connectivity index (χ1v) is 11.2. The Morgan fingerprint density at radius 2 is 0.484 bits per heavy atom. The zero-order valence-corrected chi connectivity index (χ0v) is 23.8. The van der Waals surface area contributed by atoms with Gasteiger partial charge in [-0.05, 0) is 35.5 Å². The van der Waals surface area contributed by atoms with Crippen LogP contribution in [0.4, 0.5) is 0 Å². The van der Waals surface area contributed by atoms with Crippen LogP contribution in [0.2, 0.25) is 0 Å². The van der Waals surface area contributed by atoms with Gasteiger partial charge in [0.2, 0.25) is 0 Å². The quantitative estimate of drug-likeness (QED) is 0.346. The Morgan fingerprint density at radius 1 is 0.387 bits per heavy atom. The van der Waals surface area contributed by atoms with Crippen molar-refractivity contribution >= 4 is 17.7 Å². The van der Waals surface area contributed by atoms with Crippen LogP contribution >= 0.6 is 0 Å². The molecule has 0 aliphatic rings. The molecule has 3 N–H and O–H groups in total. The molecule has 0 heterocycles. The van der Waals surface area contributed by atoms with Crippen LogP contribution in [0.5, 0.6) is 0 Å². The predicted octanol–water partition coefficient (Wildman–Crippen LogP) is 7.48. The summed E-state index contributed by atoms with van der Waals surface area (Å²) >= 11 is 0. The fraction of sp³-hybridized carbons (Fsp3) is 0.875. The Labute approximate surface area is 211 Å². The average molecular weight is 472 g/mol. The minimum atomic E-state index is -0.426. The monoisotopic (exact) mass is 471 g/mol. The van der Waals surface area contributed by atoms with Crippen molar-refractivity contribution in [2.45, 2.75) is 83.1 Å². The topological polar surface area (TPSA) is 123 Å². The van der Waals surface area contributed by atoms with Gasteiger partial charge in [-0.1, -0.05) is 83.1 Å². The fourth-order valence-electron chi connectivity index (χ4n) is 4.13. The molecule has 0 radical (unpaired) electrons. The maximum atomic E-state index is 10.7. The maximum absolute atomic E-state index is 10.7. The van der Waals surface area contributed by atoms with Crippen LogP contribution < -0.4 is 0 Å². The summed E-state index contributed by atoms with van der Waals surface area (Å²) in [7, 11) is 0. The molecule has 180 valence electrons. The Bertz CT molecular complexity index is 409. The van der Waals surface area contributed by atoms with E-state index >= 15 is 0 Å². The first kappa shape index (κ1) is 37.6. The second-order valence-corrected chi connectivity index (χ2v) is 10.1. The van der Waals surface area contributed by atoms with Crippen molar-refractivity contribution in [2.75, 3.05) is 0 Å². The van der Waals surface area contributed by atoms with E-state index in [1.54, 1.807) is 0 Å². The molecule has 31 heavy (non-hydrogen) atoms. The fourth-order valence-corrected chi connectivity index (χ4v) is 4.13. The first-order valence-electron chi connectivity index (χ1n) is 11.2. The third-order valence-electron chi connectivity index (χ3n) is 5.22. The summed E-state index contributed by atoms with van der Waals surface area (Å²) in [4.78, 5) is 32.1. The van der Waals surface area contributed by atoms with Gasteiger partial charge in [-0.25, -0.2) is 0 Å². The number of nitrogens with one attached hydrogen (secondary N) is 3. The molecule has 7 heteroatoms.